The Labute approximate surface area is 243 Å². The Hall–Kier alpha value is -4.05. The van der Waals surface area contributed by atoms with Crippen LogP contribution in [0.25, 0.3) is 0 Å². The van der Waals surface area contributed by atoms with Gasteiger partial charge in [0.25, 0.3) is 0 Å². The highest BCUT2D eigenvalue weighted by molar-refractivity contribution is 8.01. The summed E-state index contributed by atoms with van der Waals surface area (Å²) in [5.41, 5.74) is 3.16. The zero-order valence-corrected chi connectivity index (χ0v) is 23.9. The fourth-order valence-electron chi connectivity index (χ4n) is 5.88. The number of anilines is 2. The van der Waals surface area contributed by atoms with Crippen molar-refractivity contribution in [3.63, 3.8) is 0 Å². The lowest BCUT2D eigenvalue weighted by atomic mass is 9.89. The van der Waals surface area contributed by atoms with Crippen molar-refractivity contribution in [1.82, 2.24) is 20.9 Å². The first-order valence-corrected chi connectivity index (χ1v) is 15.0. The highest BCUT2D eigenvalue weighted by atomic mass is 32.2. The SMILES string of the molecule is CCC(=O)N[C@H]1CCCC[C@@H]1NC(=O)C1Sc2nccc3c2C1NC(=O)N3c1ccc(Oc2ccccc2)cc1C. The van der Waals surface area contributed by atoms with Gasteiger partial charge in [-0.2, -0.15) is 0 Å². The first-order chi connectivity index (χ1) is 19.9. The minimum atomic E-state index is -0.558. The molecule has 9 nitrogen and oxygen atoms in total. The van der Waals surface area contributed by atoms with E-state index in [1.165, 1.54) is 11.8 Å². The summed E-state index contributed by atoms with van der Waals surface area (Å²) in [7, 11) is 0. The van der Waals surface area contributed by atoms with Crippen molar-refractivity contribution in [2.24, 2.45) is 0 Å². The molecule has 0 bridgehead atoms. The number of nitrogens with one attached hydrogen (secondary N) is 3. The molecule has 1 fully saturated rings. The number of rotatable bonds is 7. The third kappa shape index (κ3) is 5.36. The number of para-hydroxylation sites is 1. The number of carbonyl (C=O) groups is 3. The molecule has 3 aliphatic rings. The predicted molar refractivity (Wildman–Crippen MR) is 158 cm³/mol. The van der Waals surface area contributed by atoms with Gasteiger partial charge >= 0.3 is 6.03 Å². The Kier molecular flexibility index (Phi) is 7.57. The number of hydrogen-bond donors (Lipinski definition) is 3. The van der Waals surface area contributed by atoms with Crippen molar-refractivity contribution in [1.29, 1.82) is 0 Å². The third-order valence-corrected chi connectivity index (χ3v) is 9.20. The van der Waals surface area contributed by atoms with Crippen molar-refractivity contribution in [2.75, 3.05) is 4.90 Å². The Balaban J connectivity index is 1.23. The maximum absolute atomic E-state index is 13.6. The van der Waals surface area contributed by atoms with E-state index in [1.807, 2.05) is 68.4 Å². The molecule has 2 aromatic carbocycles. The van der Waals surface area contributed by atoms with Crippen LogP contribution in [0.1, 0.15) is 56.2 Å². The Morgan fingerprint density at radius 2 is 1.78 bits per heavy atom. The molecular weight excluding hydrogens is 538 g/mol. The second kappa shape index (κ2) is 11.4. The van der Waals surface area contributed by atoms with E-state index in [-0.39, 0.29) is 29.9 Å². The smallest absolute Gasteiger partial charge is 0.327 e. The lowest BCUT2D eigenvalue weighted by molar-refractivity contribution is -0.124. The number of thioether (sulfide) groups is 1. The van der Waals surface area contributed by atoms with E-state index in [2.05, 4.69) is 20.9 Å². The van der Waals surface area contributed by atoms with Gasteiger partial charge in [0.15, 0.2) is 0 Å². The van der Waals surface area contributed by atoms with Crippen molar-refractivity contribution >= 4 is 41.0 Å². The molecule has 1 aromatic heterocycles. The molecule has 212 valence electrons. The molecule has 1 saturated carbocycles. The van der Waals surface area contributed by atoms with E-state index in [4.69, 9.17) is 4.74 Å². The maximum Gasteiger partial charge on any atom is 0.327 e. The fourth-order valence-corrected chi connectivity index (χ4v) is 7.12. The molecule has 41 heavy (non-hydrogen) atoms. The van der Waals surface area contributed by atoms with Crippen molar-refractivity contribution in [3.8, 4) is 11.5 Å². The topological polar surface area (TPSA) is 113 Å². The molecule has 4 atom stereocenters. The van der Waals surface area contributed by atoms with Crippen LogP contribution < -0.4 is 25.6 Å². The van der Waals surface area contributed by atoms with Gasteiger partial charge < -0.3 is 20.7 Å². The molecule has 10 heteroatoms. The van der Waals surface area contributed by atoms with Gasteiger partial charge in [0.1, 0.15) is 21.8 Å². The monoisotopic (exact) mass is 571 g/mol. The number of carbonyl (C=O) groups excluding carboxylic acids is 3. The lowest BCUT2D eigenvalue weighted by Gasteiger charge is -2.36. The van der Waals surface area contributed by atoms with Crippen LogP contribution in [0.4, 0.5) is 16.2 Å². The fraction of sp³-hybridized carbons (Fsp3) is 0.355. The molecule has 1 aliphatic carbocycles. The molecule has 3 aromatic rings. The summed E-state index contributed by atoms with van der Waals surface area (Å²) in [6, 6.07) is 16.0. The largest absolute Gasteiger partial charge is 0.457 e. The second-order valence-electron chi connectivity index (χ2n) is 10.6. The number of amides is 4. The summed E-state index contributed by atoms with van der Waals surface area (Å²) in [4.78, 5) is 45.5. The molecule has 6 rings (SSSR count). The number of urea groups is 1. The van der Waals surface area contributed by atoms with E-state index in [1.54, 1.807) is 11.1 Å². The van der Waals surface area contributed by atoms with Gasteiger partial charge in [0.05, 0.1) is 17.4 Å². The van der Waals surface area contributed by atoms with Gasteiger partial charge in [-0.25, -0.2) is 9.78 Å². The van der Waals surface area contributed by atoms with Gasteiger partial charge in [-0.15, -0.1) is 0 Å². The molecular formula is C31H33N5O4S. The standard InChI is InChI=1S/C31H33N5O4S/c1-3-25(37)33-21-11-7-8-12-22(21)34-29(38)28-27-26-24(15-16-32-30(26)41-28)36(31(39)35-27)23-14-13-20(17-18(23)2)40-19-9-5-4-6-10-19/h4-6,9-10,13-17,21-22,27-28H,3,7-8,11-12H2,1-2H3,(H,33,37)(H,34,38)(H,35,39)/t21-,22-,27?,28?/m0/s1. The van der Waals surface area contributed by atoms with Crippen LogP contribution in [0.3, 0.4) is 0 Å². The average Bonchev–Trinajstić information content (AvgIpc) is 3.35. The number of pyridine rings is 1. The highest BCUT2D eigenvalue weighted by Crippen LogP contribution is 2.51. The van der Waals surface area contributed by atoms with Gasteiger partial charge in [-0.05, 0) is 61.7 Å². The summed E-state index contributed by atoms with van der Waals surface area (Å²) in [6.45, 7) is 3.77. The number of aromatic nitrogens is 1. The van der Waals surface area contributed by atoms with E-state index in [0.717, 1.165) is 59.0 Å². The normalized spacial score (nSPS) is 22.9. The van der Waals surface area contributed by atoms with E-state index in [9.17, 15) is 14.4 Å². The average molecular weight is 572 g/mol. The van der Waals surface area contributed by atoms with Crippen molar-refractivity contribution in [2.45, 2.75) is 74.4 Å². The van der Waals surface area contributed by atoms with Crippen molar-refractivity contribution < 1.29 is 19.1 Å². The van der Waals surface area contributed by atoms with Crippen LogP contribution in [-0.4, -0.2) is 40.2 Å². The minimum absolute atomic E-state index is 0.0118. The first kappa shape index (κ1) is 27.1. The molecule has 3 N–H and O–H groups in total. The number of ether oxygens (including phenoxy) is 1. The second-order valence-corrected chi connectivity index (χ2v) is 11.8. The summed E-state index contributed by atoms with van der Waals surface area (Å²) < 4.78 is 5.98. The minimum Gasteiger partial charge on any atom is -0.457 e. The molecule has 2 aliphatic heterocycles. The summed E-state index contributed by atoms with van der Waals surface area (Å²) in [5, 5.41) is 9.53. The zero-order chi connectivity index (χ0) is 28.5. The Bertz CT molecular complexity index is 1480. The van der Waals surface area contributed by atoms with Gasteiger partial charge in [-0.3, -0.25) is 14.5 Å². The molecule has 0 spiro atoms. The zero-order valence-electron chi connectivity index (χ0n) is 23.1. The summed E-state index contributed by atoms with van der Waals surface area (Å²) in [5.74, 6) is 1.25. The first-order valence-electron chi connectivity index (χ1n) is 14.1. The quantitative estimate of drug-likeness (QED) is 0.345. The molecule has 0 radical (unpaired) electrons. The van der Waals surface area contributed by atoms with Gasteiger partial charge in [0, 0.05) is 30.3 Å². The van der Waals surface area contributed by atoms with Crippen LogP contribution in [0.5, 0.6) is 11.5 Å². The van der Waals surface area contributed by atoms with Crippen LogP contribution in [-0.2, 0) is 9.59 Å². The van der Waals surface area contributed by atoms with Gasteiger partial charge in [-0.1, -0.05) is 49.7 Å². The third-order valence-electron chi connectivity index (χ3n) is 7.91. The van der Waals surface area contributed by atoms with E-state index in [0.29, 0.717) is 12.2 Å². The molecule has 0 saturated heterocycles. The van der Waals surface area contributed by atoms with Crippen LogP contribution in [0.2, 0.25) is 0 Å². The summed E-state index contributed by atoms with van der Waals surface area (Å²) >= 11 is 1.37. The van der Waals surface area contributed by atoms with E-state index >= 15 is 0 Å². The van der Waals surface area contributed by atoms with Crippen LogP contribution in [0, 0.1) is 6.92 Å². The Morgan fingerprint density at radius 1 is 1.02 bits per heavy atom. The number of aryl methyl sites for hydroxylation is 1. The molecule has 3 heterocycles. The van der Waals surface area contributed by atoms with Gasteiger partial charge in [0.2, 0.25) is 11.8 Å². The maximum atomic E-state index is 13.6. The number of benzene rings is 2. The molecule has 2 unspecified atom stereocenters. The van der Waals surface area contributed by atoms with E-state index < -0.39 is 11.3 Å². The van der Waals surface area contributed by atoms with Crippen LogP contribution in [0.15, 0.2) is 65.8 Å². The molecule has 4 amide bonds. The number of nitrogens with zero attached hydrogens (tertiary/aromatic N) is 2. The summed E-state index contributed by atoms with van der Waals surface area (Å²) in [6.07, 6.45) is 5.75. The van der Waals surface area contributed by atoms with Crippen molar-refractivity contribution in [3.05, 3.63) is 71.9 Å². The highest BCUT2D eigenvalue weighted by Gasteiger charge is 2.47. The van der Waals surface area contributed by atoms with Crippen LogP contribution >= 0.6 is 11.8 Å². The lowest BCUT2D eigenvalue weighted by Crippen LogP contribution is -2.56. The number of hydrogen-bond acceptors (Lipinski definition) is 6. The predicted octanol–water partition coefficient (Wildman–Crippen LogP) is 5.51. The Morgan fingerprint density at radius 3 is 2.51 bits per heavy atom.